The molecule has 1 unspecified atom stereocenters. The summed E-state index contributed by atoms with van der Waals surface area (Å²) in [6.45, 7) is 6.21. The Morgan fingerprint density at radius 2 is 2.00 bits per heavy atom. The number of carbonyl (C=O) groups is 1. The van der Waals surface area contributed by atoms with E-state index in [0.717, 1.165) is 16.8 Å². The van der Waals surface area contributed by atoms with Crippen molar-refractivity contribution in [3.8, 4) is 17.7 Å². The Bertz CT molecular complexity index is 1230. The zero-order valence-electron chi connectivity index (χ0n) is 18.9. The predicted molar refractivity (Wildman–Crippen MR) is 123 cm³/mol. The highest BCUT2D eigenvalue weighted by molar-refractivity contribution is 5.94. The smallest absolute Gasteiger partial charge is 0.225 e. The molecule has 3 heterocycles. The average Bonchev–Trinajstić information content (AvgIpc) is 2.77. The van der Waals surface area contributed by atoms with Crippen molar-refractivity contribution in [1.29, 1.82) is 5.26 Å². The monoisotopic (exact) mass is 444 g/mol. The fourth-order valence-electron chi connectivity index (χ4n) is 3.98. The Kier molecular flexibility index (Phi) is 6.10. The summed E-state index contributed by atoms with van der Waals surface area (Å²) in [6.07, 6.45) is 4.68. The number of anilines is 1. The standard InChI is InChI=1S/C26H25FN4O2/c1-26(2,3)20-10-17(13-28)5-8-22(20)33-24-9-6-16(14-29-24)4-7-18-11-23(32)31-21-12-19(27)15-30-25(18)21/h5-6,8-10,12,14-15,18H,4,7,11H2,1-3H3,(H,31,32). The van der Waals surface area contributed by atoms with Gasteiger partial charge in [0, 0.05) is 36.2 Å². The van der Waals surface area contributed by atoms with Crippen LogP contribution in [0.5, 0.6) is 11.6 Å². The number of amides is 1. The van der Waals surface area contributed by atoms with Gasteiger partial charge < -0.3 is 10.1 Å². The van der Waals surface area contributed by atoms with Crippen LogP contribution in [-0.4, -0.2) is 15.9 Å². The van der Waals surface area contributed by atoms with Crippen LogP contribution in [0, 0.1) is 17.1 Å². The third-order valence-corrected chi connectivity index (χ3v) is 5.69. The fourth-order valence-corrected chi connectivity index (χ4v) is 3.98. The number of hydrogen-bond acceptors (Lipinski definition) is 5. The second kappa shape index (κ2) is 8.99. The quantitative estimate of drug-likeness (QED) is 0.551. The number of aryl methyl sites for hydroxylation is 1. The van der Waals surface area contributed by atoms with E-state index in [1.54, 1.807) is 18.3 Å². The number of benzene rings is 1. The molecular formula is C26H25FN4O2. The summed E-state index contributed by atoms with van der Waals surface area (Å²) in [5, 5.41) is 11.9. The Morgan fingerprint density at radius 3 is 2.70 bits per heavy atom. The van der Waals surface area contributed by atoms with Crippen molar-refractivity contribution in [1.82, 2.24) is 9.97 Å². The molecule has 1 N–H and O–H groups in total. The van der Waals surface area contributed by atoms with Crippen molar-refractivity contribution in [3.63, 3.8) is 0 Å². The number of nitriles is 1. The van der Waals surface area contributed by atoms with Crippen LogP contribution < -0.4 is 10.1 Å². The molecule has 6 nitrogen and oxygen atoms in total. The van der Waals surface area contributed by atoms with Crippen LogP contribution in [0.2, 0.25) is 0 Å². The normalized spacial score (nSPS) is 15.4. The summed E-state index contributed by atoms with van der Waals surface area (Å²) < 4.78 is 19.5. The Hall–Kier alpha value is -3.79. The molecule has 1 atom stereocenters. The summed E-state index contributed by atoms with van der Waals surface area (Å²) >= 11 is 0. The number of nitrogens with zero attached hydrogens (tertiary/aromatic N) is 3. The molecule has 4 rings (SSSR count). The number of hydrogen-bond donors (Lipinski definition) is 1. The molecule has 0 aliphatic carbocycles. The topological polar surface area (TPSA) is 87.9 Å². The molecular weight excluding hydrogens is 419 g/mol. The lowest BCUT2D eigenvalue weighted by atomic mass is 9.85. The van der Waals surface area contributed by atoms with E-state index in [1.165, 1.54) is 12.3 Å². The highest BCUT2D eigenvalue weighted by Gasteiger charge is 2.26. The molecule has 0 saturated carbocycles. The second-order valence-corrected chi connectivity index (χ2v) is 9.25. The first kappa shape index (κ1) is 22.4. The molecule has 3 aromatic rings. The van der Waals surface area contributed by atoms with E-state index in [-0.39, 0.29) is 17.2 Å². The molecule has 2 aromatic heterocycles. The number of fused-ring (bicyclic) bond motifs is 1. The van der Waals surface area contributed by atoms with Gasteiger partial charge in [-0.15, -0.1) is 0 Å². The first-order valence-corrected chi connectivity index (χ1v) is 10.9. The Morgan fingerprint density at radius 1 is 1.18 bits per heavy atom. The van der Waals surface area contributed by atoms with Crippen molar-refractivity contribution in [3.05, 3.63) is 77.0 Å². The maximum absolute atomic E-state index is 13.5. The number of pyridine rings is 2. The second-order valence-electron chi connectivity index (χ2n) is 9.25. The summed E-state index contributed by atoms with van der Waals surface area (Å²) in [7, 11) is 0. The SMILES string of the molecule is CC(C)(C)c1cc(C#N)ccc1Oc1ccc(CCC2CC(=O)Nc3cc(F)cnc32)cn1. The molecule has 7 heteroatoms. The minimum atomic E-state index is -0.466. The number of rotatable bonds is 5. The van der Waals surface area contributed by atoms with Gasteiger partial charge in [0.05, 0.1) is 29.2 Å². The van der Waals surface area contributed by atoms with E-state index in [9.17, 15) is 14.4 Å². The third-order valence-electron chi connectivity index (χ3n) is 5.69. The van der Waals surface area contributed by atoms with E-state index in [1.807, 2.05) is 18.2 Å². The van der Waals surface area contributed by atoms with Crippen molar-refractivity contribution < 1.29 is 13.9 Å². The third kappa shape index (κ3) is 5.17. The van der Waals surface area contributed by atoms with Gasteiger partial charge in [-0.2, -0.15) is 5.26 Å². The van der Waals surface area contributed by atoms with Crippen LogP contribution in [0.4, 0.5) is 10.1 Å². The lowest BCUT2D eigenvalue weighted by molar-refractivity contribution is -0.116. The summed E-state index contributed by atoms with van der Waals surface area (Å²) in [5.74, 6) is 0.474. The maximum Gasteiger partial charge on any atom is 0.225 e. The molecule has 1 aliphatic rings. The van der Waals surface area contributed by atoms with Crippen LogP contribution in [-0.2, 0) is 16.6 Å². The highest BCUT2D eigenvalue weighted by atomic mass is 19.1. The van der Waals surface area contributed by atoms with Crippen molar-refractivity contribution in [2.45, 2.75) is 51.4 Å². The molecule has 1 amide bonds. The molecule has 0 radical (unpaired) electrons. The lowest BCUT2D eigenvalue weighted by Crippen LogP contribution is -2.24. The first-order chi connectivity index (χ1) is 15.7. The number of ether oxygens (including phenoxy) is 1. The van der Waals surface area contributed by atoms with Gasteiger partial charge in [-0.05, 0) is 42.0 Å². The zero-order chi connectivity index (χ0) is 23.6. The molecule has 0 saturated heterocycles. The maximum atomic E-state index is 13.5. The van der Waals surface area contributed by atoms with Gasteiger partial charge in [0.2, 0.25) is 11.8 Å². The molecule has 0 fully saturated rings. The van der Waals surface area contributed by atoms with Gasteiger partial charge in [-0.1, -0.05) is 26.8 Å². The summed E-state index contributed by atoms with van der Waals surface area (Å²) in [5.41, 5.74) is 3.51. The summed E-state index contributed by atoms with van der Waals surface area (Å²) in [4.78, 5) is 20.7. The van der Waals surface area contributed by atoms with E-state index < -0.39 is 5.82 Å². The fraction of sp³-hybridized carbons (Fsp3) is 0.308. The molecule has 0 bridgehead atoms. The van der Waals surface area contributed by atoms with Gasteiger partial charge in [-0.25, -0.2) is 9.37 Å². The predicted octanol–water partition coefficient (Wildman–Crippen LogP) is 5.64. The van der Waals surface area contributed by atoms with Gasteiger partial charge in [-0.3, -0.25) is 9.78 Å². The highest BCUT2D eigenvalue weighted by Crippen LogP contribution is 2.36. The largest absolute Gasteiger partial charge is 0.439 e. The van der Waals surface area contributed by atoms with Crippen LogP contribution in [0.25, 0.3) is 0 Å². The van der Waals surface area contributed by atoms with E-state index in [4.69, 9.17) is 4.74 Å². The average molecular weight is 445 g/mol. The van der Waals surface area contributed by atoms with Gasteiger partial charge in [0.15, 0.2) is 0 Å². The van der Waals surface area contributed by atoms with Crippen LogP contribution in [0.15, 0.2) is 48.8 Å². The van der Waals surface area contributed by atoms with Crippen LogP contribution in [0.1, 0.15) is 61.9 Å². The lowest BCUT2D eigenvalue weighted by Gasteiger charge is -2.24. The molecule has 33 heavy (non-hydrogen) atoms. The molecule has 1 aromatic carbocycles. The molecule has 168 valence electrons. The van der Waals surface area contributed by atoms with E-state index in [2.05, 4.69) is 42.1 Å². The van der Waals surface area contributed by atoms with Crippen molar-refractivity contribution in [2.75, 3.05) is 5.32 Å². The van der Waals surface area contributed by atoms with Gasteiger partial charge in [0.25, 0.3) is 0 Å². The molecule has 1 aliphatic heterocycles. The number of aromatic nitrogens is 2. The molecule has 0 spiro atoms. The Labute approximate surface area is 192 Å². The Balaban J connectivity index is 1.45. The van der Waals surface area contributed by atoms with Crippen LogP contribution >= 0.6 is 0 Å². The van der Waals surface area contributed by atoms with Gasteiger partial charge >= 0.3 is 0 Å². The van der Waals surface area contributed by atoms with Crippen molar-refractivity contribution in [2.24, 2.45) is 0 Å². The number of carbonyl (C=O) groups excluding carboxylic acids is 1. The minimum absolute atomic E-state index is 0.0710. The number of halogens is 1. The summed E-state index contributed by atoms with van der Waals surface area (Å²) in [6, 6.07) is 12.6. The van der Waals surface area contributed by atoms with E-state index >= 15 is 0 Å². The first-order valence-electron chi connectivity index (χ1n) is 10.9. The van der Waals surface area contributed by atoms with Crippen LogP contribution in [0.3, 0.4) is 0 Å². The van der Waals surface area contributed by atoms with Gasteiger partial charge in [0.1, 0.15) is 11.6 Å². The van der Waals surface area contributed by atoms with E-state index in [0.29, 0.717) is 42.1 Å². The minimum Gasteiger partial charge on any atom is -0.439 e. The van der Waals surface area contributed by atoms with Crippen molar-refractivity contribution >= 4 is 11.6 Å². The number of nitrogens with one attached hydrogen (secondary N) is 1. The zero-order valence-corrected chi connectivity index (χ0v) is 18.9.